The van der Waals surface area contributed by atoms with E-state index in [4.69, 9.17) is 0 Å². The number of hydrogen-bond donors (Lipinski definition) is 2. The fraction of sp³-hybridized carbons (Fsp3) is 0.571. The Labute approximate surface area is 129 Å². The number of nitro groups is 1. The van der Waals surface area contributed by atoms with Crippen LogP contribution < -0.4 is 4.72 Å². The highest BCUT2D eigenvalue weighted by molar-refractivity contribution is 7.89. The quantitative estimate of drug-likeness (QED) is 0.611. The SMILES string of the molecule is O=[N+]([O-])c1ccccc1S(=O)(=O)NCC(O)C1CCCCC1. The molecule has 0 radical (unpaired) electrons. The van der Waals surface area contributed by atoms with Crippen molar-refractivity contribution in [3.63, 3.8) is 0 Å². The summed E-state index contributed by atoms with van der Waals surface area (Å²) in [6, 6.07) is 5.17. The topological polar surface area (TPSA) is 110 Å². The molecule has 1 aliphatic rings. The van der Waals surface area contributed by atoms with Gasteiger partial charge >= 0.3 is 0 Å². The van der Waals surface area contributed by atoms with E-state index in [-0.39, 0.29) is 17.4 Å². The van der Waals surface area contributed by atoms with Gasteiger partial charge in [0.25, 0.3) is 5.69 Å². The number of para-hydroxylation sites is 1. The minimum absolute atomic E-state index is 0.0854. The van der Waals surface area contributed by atoms with Crippen molar-refractivity contribution in [2.24, 2.45) is 5.92 Å². The van der Waals surface area contributed by atoms with E-state index in [0.717, 1.165) is 38.2 Å². The number of aliphatic hydroxyl groups excluding tert-OH is 1. The van der Waals surface area contributed by atoms with E-state index in [9.17, 15) is 23.6 Å². The fourth-order valence-electron chi connectivity index (χ4n) is 2.79. The molecule has 7 nitrogen and oxygen atoms in total. The molecule has 122 valence electrons. The first-order chi connectivity index (χ1) is 10.4. The molecular formula is C14H20N2O5S. The van der Waals surface area contributed by atoms with Crippen molar-refractivity contribution in [1.82, 2.24) is 4.72 Å². The predicted molar refractivity (Wildman–Crippen MR) is 80.9 cm³/mol. The first-order valence-corrected chi connectivity index (χ1v) is 8.81. The van der Waals surface area contributed by atoms with E-state index in [1.807, 2.05) is 0 Å². The van der Waals surface area contributed by atoms with E-state index in [0.29, 0.717) is 0 Å². The van der Waals surface area contributed by atoms with Crippen molar-refractivity contribution in [1.29, 1.82) is 0 Å². The molecule has 1 aromatic rings. The maximum Gasteiger partial charge on any atom is 0.289 e. The lowest BCUT2D eigenvalue weighted by Crippen LogP contribution is -2.37. The summed E-state index contributed by atoms with van der Waals surface area (Å²) in [4.78, 5) is 9.81. The van der Waals surface area contributed by atoms with Gasteiger partial charge in [-0.15, -0.1) is 0 Å². The maximum absolute atomic E-state index is 12.2. The molecule has 0 spiro atoms. The largest absolute Gasteiger partial charge is 0.391 e. The van der Waals surface area contributed by atoms with Crippen LogP contribution in [0.5, 0.6) is 0 Å². The zero-order chi connectivity index (χ0) is 16.2. The Bertz CT molecular complexity index is 626. The van der Waals surface area contributed by atoms with E-state index < -0.39 is 26.7 Å². The van der Waals surface area contributed by atoms with Crippen molar-refractivity contribution >= 4 is 15.7 Å². The first kappa shape index (κ1) is 16.9. The minimum Gasteiger partial charge on any atom is -0.391 e. The van der Waals surface area contributed by atoms with Gasteiger partial charge in [0.2, 0.25) is 10.0 Å². The molecule has 1 fully saturated rings. The van der Waals surface area contributed by atoms with Gasteiger partial charge in [0.1, 0.15) is 0 Å². The molecule has 0 heterocycles. The molecule has 8 heteroatoms. The zero-order valence-corrected chi connectivity index (χ0v) is 13.0. The molecular weight excluding hydrogens is 308 g/mol. The van der Waals surface area contributed by atoms with E-state index in [1.54, 1.807) is 0 Å². The second-order valence-corrected chi connectivity index (χ2v) is 7.28. The standard InChI is InChI=1S/C14H20N2O5S/c17-13(11-6-2-1-3-7-11)10-15-22(20,21)14-9-5-4-8-12(14)16(18)19/h4-5,8-9,11,13,15,17H,1-3,6-7,10H2. The van der Waals surface area contributed by atoms with E-state index in [2.05, 4.69) is 4.72 Å². The lowest BCUT2D eigenvalue weighted by atomic mass is 9.85. The Morgan fingerprint density at radius 2 is 1.91 bits per heavy atom. The highest BCUT2D eigenvalue weighted by Gasteiger charge is 2.27. The van der Waals surface area contributed by atoms with Gasteiger partial charge < -0.3 is 5.11 Å². The van der Waals surface area contributed by atoms with Crippen molar-refractivity contribution in [2.45, 2.75) is 43.1 Å². The Morgan fingerprint density at radius 1 is 1.27 bits per heavy atom. The summed E-state index contributed by atoms with van der Waals surface area (Å²) in [5.41, 5.74) is -0.470. The molecule has 1 unspecified atom stereocenters. The number of sulfonamides is 1. The summed E-state index contributed by atoms with van der Waals surface area (Å²) < 4.78 is 26.7. The number of nitrogens with zero attached hydrogens (tertiary/aromatic N) is 1. The van der Waals surface area contributed by atoms with E-state index in [1.165, 1.54) is 18.2 Å². The van der Waals surface area contributed by atoms with Crippen LogP contribution in [0.1, 0.15) is 32.1 Å². The number of aliphatic hydroxyl groups is 1. The van der Waals surface area contributed by atoms with Crippen LogP contribution in [0.25, 0.3) is 0 Å². The fourth-order valence-corrected chi connectivity index (χ4v) is 4.01. The number of rotatable bonds is 6. The van der Waals surface area contributed by atoms with Crippen molar-refractivity contribution in [3.05, 3.63) is 34.4 Å². The molecule has 2 rings (SSSR count). The van der Waals surface area contributed by atoms with Crippen LogP contribution >= 0.6 is 0 Å². The van der Waals surface area contributed by atoms with Gasteiger partial charge in [-0.25, -0.2) is 13.1 Å². The molecule has 0 bridgehead atoms. The predicted octanol–water partition coefficient (Wildman–Crippen LogP) is 1.81. The molecule has 0 aromatic heterocycles. The Morgan fingerprint density at radius 3 is 2.55 bits per heavy atom. The Kier molecular flexibility index (Phi) is 5.49. The molecule has 0 aliphatic heterocycles. The molecule has 1 atom stereocenters. The van der Waals surface area contributed by atoms with E-state index >= 15 is 0 Å². The smallest absolute Gasteiger partial charge is 0.289 e. The number of nitrogens with one attached hydrogen (secondary N) is 1. The second-order valence-electron chi connectivity index (χ2n) is 5.54. The minimum atomic E-state index is -4.02. The zero-order valence-electron chi connectivity index (χ0n) is 12.1. The van der Waals surface area contributed by atoms with Gasteiger partial charge in [0.15, 0.2) is 4.90 Å². The van der Waals surface area contributed by atoms with Crippen LogP contribution in [0.15, 0.2) is 29.2 Å². The Balaban J connectivity index is 2.06. The monoisotopic (exact) mass is 328 g/mol. The lowest BCUT2D eigenvalue weighted by Gasteiger charge is -2.26. The number of nitro benzene ring substituents is 1. The Hall–Kier alpha value is -1.51. The van der Waals surface area contributed by atoms with Crippen LogP contribution in [-0.2, 0) is 10.0 Å². The molecule has 2 N–H and O–H groups in total. The lowest BCUT2D eigenvalue weighted by molar-refractivity contribution is -0.387. The summed E-state index contributed by atoms with van der Waals surface area (Å²) in [7, 11) is -4.02. The third kappa shape index (κ3) is 4.02. The summed E-state index contributed by atoms with van der Waals surface area (Å²) in [6.45, 7) is -0.126. The van der Waals surface area contributed by atoms with Crippen molar-refractivity contribution < 1.29 is 18.4 Å². The van der Waals surface area contributed by atoms with Gasteiger partial charge in [-0.1, -0.05) is 31.4 Å². The molecule has 1 aromatic carbocycles. The maximum atomic E-state index is 12.2. The van der Waals surface area contributed by atoms with Gasteiger partial charge in [0.05, 0.1) is 11.0 Å². The third-order valence-corrected chi connectivity index (χ3v) is 5.50. The molecule has 1 aliphatic carbocycles. The van der Waals surface area contributed by atoms with Gasteiger partial charge in [-0.3, -0.25) is 10.1 Å². The summed E-state index contributed by atoms with van der Waals surface area (Å²) >= 11 is 0. The van der Waals surface area contributed by atoms with Crippen LogP contribution in [0, 0.1) is 16.0 Å². The average Bonchev–Trinajstić information content (AvgIpc) is 2.53. The second kappa shape index (κ2) is 7.17. The average molecular weight is 328 g/mol. The van der Waals surface area contributed by atoms with Gasteiger partial charge in [0, 0.05) is 12.6 Å². The first-order valence-electron chi connectivity index (χ1n) is 7.33. The normalized spacial score (nSPS) is 18.0. The summed E-state index contributed by atoms with van der Waals surface area (Å²) in [6.07, 6.45) is 4.23. The molecule has 0 amide bonds. The highest BCUT2D eigenvalue weighted by Crippen LogP contribution is 2.27. The molecule has 22 heavy (non-hydrogen) atoms. The summed E-state index contributed by atoms with van der Waals surface area (Å²) in [5.74, 6) is 0.0854. The number of hydrogen-bond acceptors (Lipinski definition) is 5. The molecule has 0 saturated heterocycles. The van der Waals surface area contributed by atoms with Crippen LogP contribution in [0.4, 0.5) is 5.69 Å². The van der Waals surface area contributed by atoms with Crippen molar-refractivity contribution in [2.75, 3.05) is 6.54 Å². The summed E-state index contributed by atoms with van der Waals surface area (Å²) in [5, 5.41) is 21.0. The number of benzene rings is 1. The van der Waals surface area contributed by atoms with Crippen LogP contribution in [-0.4, -0.2) is 31.1 Å². The van der Waals surface area contributed by atoms with Crippen LogP contribution in [0.2, 0.25) is 0 Å². The molecule has 1 saturated carbocycles. The van der Waals surface area contributed by atoms with Gasteiger partial charge in [-0.05, 0) is 24.8 Å². The highest BCUT2D eigenvalue weighted by atomic mass is 32.2. The van der Waals surface area contributed by atoms with Crippen molar-refractivity contribution in [3.8, 4) is 0 Å². The van der Waals surface area contributed by atoms with Gasteiger partial charge in [-0.2, -0.15) is 0 Å². The third-order valence-electron chi connectivity index (χ3n) is 4.03. The van der Waals surface area contributed by atoms with Crippen LogP contribution in [0.3, 0.4) is 0 Å².